The van der Waals surface area contributed by atoms with Crippen molar-refractivity contribution in [2.45, 2.75) is 16.7 Å². The van der Waals surface area contributed by atoms with Crippen molar-refractivity contribution in [1.82, 2.24) is 0 Å². The van der Waals surface area contributed by atoms with Crippen LogP contribution in [0, 0.1) is 6.92 Å². The first-order valence-corrected chi connectivity index (χ1v) is 15.2. The van der Waals surface area contributed by atoms with E-state index in [-0.39, 0.29) is 21.2 Å². The highest BCUT2D eigenvalue weighted by molar-refractivity contribution is 7.93. The number of rotatable bonds is 11. The third-order valence-electron chi connectivity index (χ3n) is 6.01. The fourth-order valence-electron chi connectivity index (χ4n) is 3.95. The summed E-state index contributed by atoms with van der Waals surface area (Å²) in [4.78, 5) is 13.0. The zero-order valence-corrected chi connectivity index (χ0v) is 24.2. The van der Waals surface area contributed by atoms with Gasteiger partial charge in [-0.2, -0.15) is 0 Å². The van der Waals surface area contributed by atoms with Gasteiger partial charge in [0, 0.05) is 11.8 Å². The summed E-state index contributed by atoms with van der Waals surface area (Å²) in [5.41, 5.74) is 1.66. The van der Waals surface area contributed by atoms with E-state index in [1.807, 2.05) is 6.92 Å². The predicted molar refractivity (Wildman–Crippen MR) is 158 cm³/mol. The Bertz CT molecular complexity index is 1740. The van der Waals surface area contributed by atoms with E-state index >= 15 is 0 Å². The van der Waals surface area contributed by atoms with Crippen molar-refractivity contribution in [3.63, 3.8) is 0 Å². The van der Waals surface area contributed by atoms with Gasteiger partial charge in [0.05, 0.1) is 35.4 Å². The molecule has 4 rings (SSSR count). The van der Waals surface area contributed by atoms with Gasteiger partial charge in [0.2, 0.25) is 5.91 Å². The third-order valence-corrected chi connectivity index (χ3v) is 9.18. The topological polar surface area (TPSA) is 131 Å². The molecular formula is C29H29N3O7S2. The second kappa shape index (κ2) is 12.3. The maximum absolute atomic E-state index is 13.5. The molecule has 0 saturated heterocycles. The molecular weight excluding hydrogens is 566 g/mol. The zero-order chi connectivity index (χ0) is 29.6. The number of sulfonamides is 2. The van der Waals surface area contributed by atoms with Gasteiger partial charge in [-0.05, 0) is 73.2 Å². The van der Waals surface area contributed by atoms with Crippen molar-refractivity contribution < 1.29 is 31.1 Å². The van der Waals surface area contributed by atoms with Crippen LogP contribution in [0.1, 0.15) is 5.56 Å². The molecule has 10 nitrogen and oxygen atoms in total. The molecule has 4 aromatic rings. The summed E-state index contributed by atoms with van der Waals surface area (Å²) in [6.45, 7) is 1.29. The number of benzene rings is 4. The largest absolute Gasteiger partial charge is 0.497 e. The highest BCUT2D eigenvalue weighted by atomic mass is 32.2. The van der Waals surface area contributed by atoms with Crippen LogP contribution in [0.25, 0.3) is 0 Å². The molecule has 0 spiro atoms. The average Bonchev–Trinajstić information content (AvgIpc) is 2.96. The van der Waals surface area contributed by atoms with E-state index in [1.165, 1.54) is 56.7 Å². The van der Waals surface area contributed by atoms with E-state index < -0.39 is 32.5 Å². The van der Waals surface area contributed by atoms with E-state index in [1.54, 1.807) is 54.6 Å². The number of hydrogen-bond acceptors (Lipinski definition) is 7. The first-order chi connectivity index (χ1) is 19.5. The molecule has 0 heterocycles. The molecule has 0 unspecified atom stereocenters. The number of carbonyl (C=O) groups is 1. The zero-order valence-electron chi connectivity index (χ0n) is 22.6. The Kier molecular flexibility index (Phi) is 8.84. The lowest BCUT2D eigenvalue weighted by molar-refractivity contribution is -0.114. The highest BCUT2D eigenvalue weighted by Gasteiger charge is 2.27. The number of ether oxygens (including phenoxy) is 2. The summed E-state index contributed by atoms with van der Waals surface area (Å²) in [7, 11) is -5.17. The molecule has 12 heteroatoms. The van der Waals surface area contributed by atoms with Crippen LogP contribution in [0.4, 0.5) is 17.1 Å². The Labute approximate surface area is 239 Å². The van der Waals surface area contributed by atoms with E-state index in [9.17, 15) is 21.6 Å². The third kappa shape index (κ3) is 6.97. The maximum Gasteiger partial charge on any atom is 0.264 e. The number of carbonyl (C=O) groups excluding carboxylic acids is 1. The summed E-state index contributed by atoms with van der Waals surface area (Å²) >= 11 is 0. The lowest BCUT2D eigenvalue weighted by Crippen LogP contribution is -2.38. The van der Waals surface area contributed by atoms with Crippen LogP contribution in [0.15, 0.2) is 107 Å². The molecule has 41 heavy (non-hydrogen) atoms. The molecule has 0 fully saturated rings. The SMILES string of the molecule is COc1cccc(N(CC(=O)Nc2ccc(S(=O)(=O)Nc3cc(C)ccc3OC)cc2)S(=O)(=O)c2ccccc2)c1. The molecule has 0 atom stereocenters. The highest BCUT2D eigenvalue weighted by Crippen LogP contribution is 2.29. The fraction of sp³-hybridized carbons (Fsp3) is 0.138. The first-order valence-electron chi connectivity index (χ1n) is 12.3. The van der Waals surface area contributed by atoms with Gasteiger partial charge in [-0.3, -0.25) is 13.8 Å². The minimum absolute atomic E-state index is 0.0166. The Morgan fingerprint density at radius 2 is 1.49 bits per heavy atom. The molecule has 0 aliphatic rings. The van der Waals surface area contributed by atoms with Crippen molar-refractivity contribution in [2.75, 3.05) is 35.1 Å². The second-order valence-electron chi connectivity index (χ2n) is 8.91. The van der Waals surface area contributed by atoms with E-state index in [2.05, 4.69) is 10.0 Å². The molecule has 0 radical (unpaired) electrons. The van der Waals surface area contributed by atoms with E-state index in [0.717, 1.165) is 9.87 Å². The fourth-order valence-corrected chi connectivity index (χ4v) is 6.45. The van der Waals surface area contributed by atoms with Crippen LogP contribution >= 0.6 is 0 Å². The molecule has 1 amide bonds. The van der Waals surface area contributed by atoms with Crippen LogP contribution in [-0.2, 0) is 24.8 Å². The minimum atomic E-state index is -4.11. The van der Waals surface area contributed by atoms with Gasteiger partial charge in [0.25, 0.3) is 20.0 Å². The van der Waals surface area contributed by atoms with Crippen LogP contribution < -0.4 is 23.8 Å². The van der Waals surface area contributed by atoms with Gasteiger partial charge < -0.3 is 14.8 Å². The number of hydrogen-bond donors (Lipinski definition) is 2. The second-order valence-corrected chi connectivity index (χ2v) is 12.5. The van der Waals surface area contributed by atoms with Gasteiger partial charge in [-0.1, -0.05) is 30.3 Å². The first kappa shape index (κ1) is 29.4. The number of amides is 1. The van der Waals surface area contributed by atoms with Crippen LogP contribution in [0.2, 0.25) is 0 Å². The van der Waals surface area contributed by atoms with Crippen LogP contribution in [-0.4, -0.2) is 43.5 Å². The standard InChI is InChI=1S/C29H29N3O7S2/c1-21-12-17-28(39-3)27(18-21)31-40(34,35)25-15-13-22(14-16-25)30-29(33)20-32(23-8-7-9-24(19-23)38-2)41(36,37)26-10-5-4-6-11-26/h4-19,31H,20H2,1-3H3,(H,30,33). The molecule has 2 N–H and O–H groups in total. The molecule has 4 aromatic carbocycles. The Morgan fingerprint density at radius 1 is 0.780 bits per heavy atom. The summed E-state index contributed by atoms with van der Waals surface area (Å²) in [6.07, 6.45) is 0. The Hall–Kier alpha value is -4.55. The maximum atomic E-state index is 13.5. The molecule has 0 aliphatic heterocycles. The molecule has 0 aromatic heterocycles. The number of methoxy groups -OCH3 is 2. The van der Waals surface area contributed by atoms with Gasteiger partial charge >= 0.3 is 0 Å². The summed E-state index contributed by atoms with van der Waals surface area (Å²) in [5.74, 6) is 0.157. The van der Waals surface area contributed by atoms with Crippen LogP contribution in [0.5, 0.6) is 11.5 Å². The van der Waals surface area contributed by atoms with Crippen molar-refractivity contribution >= 4 is 43.0 Å². The summed E-state index contributed by atoms with van der Waals surface area (Å²) in [6, 6.07) is 24.8. The Morgan fingerprint density at radius 3 is 2.15 bits per heavy atom. The summed E-state index contributed by atoms with van der Waals surface area (Å²) in [5, 5.41) is 2.64. The van der Waals surface area contributed by atoms with Gasteiger partial charge in [0.1, 0.15) is 18.0 Å². The predicted octanol–water partition coefficient (Wildman–Crippen LogP) is 4.65. The quantitative estimate of drug-likeness (QED) is 0.258. The molecule has 0 saturated carbocycles. The lowest BCUT2D eigenvalue weighted by atomic mass is 10.2. The van der Waals surface area contributed by atoms with E-state index in [0.29, 0.717) is 17.2 Å². The summed E-state index contributed by atoms with van der Waals surface area (Å²) < 4.78 is 67.0. The Balaban J connectivity index is 1.54. The van der Waals surface area contributed by atoms with Crippen LogP contribution in [0.3, 0.4) is 0 Å². The smallest absolute Gasteiger partial charge is 0.264 e. The van der Waals surface area contributed by atoms with Crippen molar-refractivity contribution in [1.29, 1.82) is 0 Å². The van der Waals surface area contributed by atoms with Crippen molar-refractivity contribution in [2.24, 2.45) is 0 Å². The number of nitrogens with zero attached hydrogens (tertiary/aromatic N) is 1. The lowest BCUT2D eigenvalue weighted by Gasteiger charge is -2.24. The van der Waals surface area contributed by atoms with E-state index in [4.69, 9.17) is 9.47 Å². The minimum Gasteiger partial charge on any atom is -0.497 e. The normalized spacial score (nSPS) is 11.4. The van der Waals surface area contributed by atoms with Crippen molar-refractivity contribution in [3.8, 4) is 11.5 Å². The average molecular weight is 596 g/mol. The number of nitrogens with one attached hydrogen (secondary N) is 2. The molecule has 214 valence electrons. The number of anilines is 3. The van der Waals surface area contributed by atoms with Gasteiger partial charge in [0.15, 0.2) is 0 Å². The van der Waals surface area contributed by atoms with Gasteiger partial charge in [-0.15, -0.1) is 0 Å². The number of aryl methyl sites for hydroxylation is 1. The van der Waals surface area contributed by atoms with Crippen molar-refractivity contribution in [3.05, 3.63) is 103 Å². The van der Waals surface area contributed by atoms with Gasteiger partial charge in [-0.25, -0.2) is 16.8 Å². The molecule has 0 aliphatic carbocycles. The monoisotopic (exact) mass is 595 g/mol. The molecule has 0 bridgehead atoms.